The molecule has 1 aromatic rings. The number of rotatable bonds is 4. The van der Waals surface area contributed by atoms with Crippen molar-refractivity contribution in [3.63, 3.8) is 0 Å². The van der Waals surface area contributed by atoms with E-state index in [2.05, 4.69) is 24.4 Å². The van der Waals surface area contributed by atoms with Gasteiger partial charge in [-0.15, -0.1) is 0 Å². The Balaban J connectivity index is 2.13. The van der Waals surface area contributed by atoms with Crippen molar-refractivity contribution in [2.24, 2.45) is 0 Å². The molecule has 2 heteroatoms. The number of halogens is 1. The van der Waals surface area contributed by atoms with E-state index in [0.717, 1.165) is 11.6 Å². The molecule has 1 aliphatic rings. The van der Waals surface area contributed by atoms with Gasteiger partial charge in [0, 0.05) is 17.0 Å². The van der Waals surface area contributed by atoms with Gasteiger partial charge in [-0.2, -0.15) is 0 Å². The second-order valence-corrected chi connectivity index (χ2v) is 5.38. The first kappa shape index (κ1) is 12.9. The van der Waals surface area contributed by atoms with Crippen LogP contribution >= 0.6 is 11.6 Å². The second kappa shape index (κ2) is 6.42. The van der Waals surface area contributed by atoms with E-state index in [1.165, 1.54) is 37.7 Å². The number of nitrogens with one attached hydrogen (secondary N) is 1. The lowest BCUT2D eigenvalue weighted by Crippen LogP contribution is -2.37. The minimum absolute atomic E-state index is 0.601. The number of hydrogen-bond donors (Lipinski definition) is 1. The zero-order chi connectivity index (χ0) is 12.1. The molecular weight excluding hydrogens is 230 g/mol. The van der Waals surface area contributed by atoms with Crippen molar-refractivity contribution in [1.82, 2.24) is 5.32 Å². The zero-order valence-electron chi connectivity index (χ0n) is 10.6. The molecule has 1 aliphatic carbocycles. The van der Waals surface area contributed by atoms with Gasteiger partial charge in [0.1, 0.15) is 0 Å². The normalized spacial score (nSPS) is 24.8. The van der Waals surface area contributed by atoms with E-state index in [4.69, 9.17) is 11.6 Å². The molecule has 0 saturated heterocycles. The van der Waals surface area contributed by atoms with Gasteiger partial charge in [-0.1, -0.05) is 49.6 Å². The van der Waals surface area contributed by atoms with Crippen molar-refractivity contribution in [3.05, 3.63) is 34.9 Å². The summed E-state index contributed by atoms with van der Waals surface area (Å²) in [6.07, 6.45) is 6.44. The molecule has 94 valence electrons. The molecule has 0 bridgehead atoms. The Morgan fingerprint density at radius 1 is 1.24 bits per heavy atom. The van der Waals surface area contributed by atoms with Crippen molar-refractivity contribution < 1.29 is 0 Å². The summed E-state index contributed by atoms with van der Waals surface area (Å²) in [7, 11) is 0. The van der Waals surface area contributed by atoms with Crippen LogP contribution in [0.15, 0.2) is 24.3 Å². The third kappa shape index (κ3) is 3.23. The Morgan fingerprint density at radius 2 is 2.00 bits per heavy atom. The Morgan fingerprint density at radius 3 is 2.76 bits per heavy atom. The highest BCUT2D eigenvalue weighted by atomic mass is 35.5. The highest BCUT2D eigenvalue weighted by molar-refractivity contribution is 6.31. The predicted molar refractivity (Wildman–Crippen MR) is 74.7 cm³/mol. The third-order valence-corrected chi connectivity index (χ3v) is 4.07. The van der Waals surface area contributed by atoms with Crippen LogP contribution in [0.2, 0.25) is 5.02 Å². The van der Waals surface area contributed by atoms with Gasteiger partial charge in [0.15, 0.2) is 0 Å². The van der Waals surface area contributed by atoms with E-state index in [0.29, 0.717) is 12.0 Å². The van der Waals surface area contributed by atoms with Gasteiger partial charge in [-0.25, -0.2) is 0 Å². The van der Waals surface area contributed by atoms with Gasteiger partial charge < -0.3 is 5.32 Å². The van der Waals surface area contributed by atoms with E-state index in [1.54, 1.807) is 0 Å². The SMILES string of the molecule is CCCNC1CCCCC1c1ccccc1Cl. The summed E-state index contributed by atoms with van der Waals surface area (Å²) in [5.41, 5.74) is 1.34. The molecule has 0 aliphatic heterocycles. The standard InChI is InChI=1S/C15H22ClN/c1-2-11-17-15-10-6-4-8-13(15)12-7-3-5-9-14(12)16/h3,5,7,9,13,15,17H,2,4,6,8,10-11H2,1H3. The summed E-state index contributed by atoms with van der Waals surface area (Å²) in [6, 6.07) is 8.94. The first-order valence-electron chi connectivity index (χ1n) is 6.80. The predicted octanol–water partition coefficient (Wildman–Crippen LogP) is 4.37. The smallest absolute Gasteiger partial charge is 0.0441 e. The van der Waals surface area contributed by atoms with Gasteiger partial charge in [-0.3, -0.25) is 0 Å². The van der Waals surface area contributed by atoms with Crippen molar-refractivity contribution in [2.75, 3.05) is 6.54 Å². The third-order valence-electron chi connectivity index (χ3n) is 3.73. The number of benzene rings is 1. The lowest BCUT2D eigenvalue weighted by Gasteiger charge is -2.33. The fourth-order valence-electron chi connectivity index (χ4n) is 2.85. The largest absolute Gasteiger partial charge is 0.313 e. The fraction of sp³-hybridized carbons (Fsp3) is 0.600. The molecular formula is C15H22ClN. The molecule has 1 N–H and O–H groups in total. The van der Waals surface area contributed by atoms with Crippen LogP contribution in [0.4, 0.5) is 0 Å². The van der Waals surface area contributed by atoms with Crippen LogP contribution < -0.4 is 5.32 Å². The molecule has 1 saturated carbocycles. The van der Waals surface area contributed by atoms with Crippen molar-refractivity contribution in [3.8, 4) is 0 Å². The minimum Gasteiger partial charge on any atom is -0.313 e. The van der Waals surface area contributed by atoms with Crippen LogP contribution in [0.3, 0.4) is 0 Å². The molecule has 0 heterocycles. The Labute approximate surface area is 110 Å². The second-order valence-electron chi connectivity index (χ2n) is 4.97. The maximum atomic E-state index is 6.33. The highest BCUT2D eigenvalue weighted by Crippen LogP contribution is 2.36. The minimum atomic E-state index is 0.601. The first-order chi connectivity index (χ1) is 8.33. The Hall–Kier alpha value is -0.530. The topological polar surface area (TPSA) is 12.0 Å². The van der Waals surface area contributed by atoms with Crippen molar-refractivity contribution >= 4 is 11.6 Å². The summed E-state index contributed by atoms with van der Waals surface area (Å²) in [5, 5.41) is 4.62. The molecule has 1 aromatic carbocycles. The summed E-state index contributed by atoms with van der Waals surface area (Å²) in [4.78, 5) is 0. The quantitative estimate of drug-likeness (QED) is 0.838. The summed E-state index contributed by atoms with van der Waals surface area (Å²) >= 11 is 6.33. The van der Waals surface area contributed by atoms with Gasteiger partial charge in [0.2, 0.25) is 0 Å². The molecule has 2 atom stereocenters. The monoisotopic (exact) mass is 251 g/mol. The van der Waals surface area contributed by atoms with Gasteiger partial charge >= 0.3 is 0 Å². The van der Waals surface area contributed by atoms with E-state index >= 15 is 0 Å². The van der Waals surface area contributed by atoms with Gasteiger partial charge in [-0.05, 0) is 37.4 Å². The van der Waals surface area contributed by atoms with Crippen LogP contribution in [0, 0.1) is 0 Å². The molecule has 1 fully saturated rings. The maximum absolute atomic E-state index is 6.33. The first-order valence-corrected chi connectivity index (χ1v) is 7.18. The van der Waals surface area contributed by atoms with Crippen LogP contribution in [-0.4, -0.2) is 12.6 Å². The van der Waals surface area contributed by atoms with Crippen LogP contribution in [0.1, 0.15) is 50.5 Å². The van der Waals surface area contributed by atoms with E-state index in [1.807, 2.05) is 12.1 Å². The maximum Gasteiger partial charge on any atom is 0.0441 e. The average molecular weight is 252 g/mol. The van der Waals surface area contributed by atoms with Crippen molar-refractivity contribution in [1.29, 1.82) is 0 Å². The Kier molecular flexibility index (Phi) is 4.87. The Bertz CT molecular complexity index is 351. The number of hydrogen-bond acceptors (Lipinski definition) is 1. The van der Waals surface area contributed by atoms with Crippen molar-refractivity contribution in [2.45, 2.75) is 51.0 Å². The fourth-order valence-corrected chi connectivity index (χ4v) is 3.13. The molecule has 1 nitrogen and oxygen atoms in total. The molecule has 2 rings (SSSR count). The van der Waals surface area contributed by atoms with E-state index in [-0.39, 0.29) is 0 Å². The lowest BCUT2D eigenvalue weighted by atomic mass is 9.80. The molecule has 2 unspecified atom stereocenters. The summed E-state index contributed by atoms with van der Waals surface area (Å²) in [5.74, 6) is 0.601. The molecule has 0 amide bonds. The summed E-state index contributed by atoms with van der Waals surface area (Å²) in [6.45, 7) is 3.34. The average Bonchev–Trinajstić information content (AvgIpc) is 2.37. The van der Waals surface area contributed by atoms with Gasteiger partial charge in [0.05, 0.1) is 0 Å². The summed E-state index contributed by atoms with van der Waals surface area (Å²) < 4.78 is 0. The van der Waals surface area contributed by atoms with Crippen LogP contribution in [-0.2, 0) is 0 Å². The molecule has 0 aromatic heterocycles. The van der Waals surface area contributed by atoms with Crippen LogP contribution in [0.25, 0.3) is 0 Å². The lowest BCUT2D eigenvalue weighted by molar-refractivity contribution is 0.328. The van der Waals surface area contributed by atoms with Crippen LogP contribution in [0.5, 0.6) is 0 Å². The van der Waals surface area contributed by atoms with E-state index in [9.17, 15) is 0 Å². The van der Waals surface area contributed by atoms with Gasteiger partial charge in [0.25, 0.3) is 0 Å². The molecule has 0 spiro atoms. The zero-order valence-corrected chi connectivity index (χ0v) is 11.3. The highest BCUT2D eigenvalue weighted by Gasteiger charge is 2.26. The molecule has 17 heavy (non-hydrogen) atoms. The molecule has 0 radical (unpaired) electrons. The van der Waals surface area contributed by atoms with E-state index < -0.39 is 0 Å².